The third-order valence-corrected chi connectivity index (χ3v) is 8.37. The number of carbonyl (C=O) groups excluding carboxylic acids is 2. The summed E-state index contributed by atoms with van der Waals surface area (Å²) in [5, 5.41) is 3.60. The number of anilines is 2. The molecule has 5 rings (SSSR count). The number of thiazole rings is 1. The average molecular weight is 491 g/mol. The van der Waals surface area contributed by atoms with Crippen LogP contribution in [0.1, 0.15) is 49.8 Å². The van der Waals surface area contributed by atoms with Gasteiger partial charge >= 0.3 is 0 Å². The van der Waals surface area contributed by atoms with Crippen molar-refractivity contribution in [2.24, 2.45) is 11.8 Å². The predicted molar refractivity (Wildman–Crippen MR) is 143 cm³/mol. The van der Waals surface area contributed by atoms with Crippen molar-refractivity contribution in [2.75, 3.05) is 29.9 Å². The van der Waals surface area contributed by atoms with Crippen molar-refractivity contribution in [2.45, 2.75) is 53.0 Å². The van der Waals surface area contributed by atoms with E-state index in [9.17, 15) is 9.59 Å². The number of hydrogen-bond donors (Lipinski definition) is 1. The van der Waals surface area contributed by atoms with Gasteiger partial charge in [0, 0.05) is 25.2 Å². The standard InChI is InChI=1S/C28H34N4O2S/c1-4-21-7-5-6-19(3)26(21)32-17-22(15-25(32)33)27(34)30-28-29-23-9-8-20(14-24(23)35-28)16-31-12-10-18(2)11-13-31/h5-9,14,18,22H,4,10-13,15-17H2,1-3H3,(H,29,30,34). The molecule has 3 heterocycles. The molecular weight excluding hydrogens is 456 g/mol. The summed E-state index contributed by atoms with van der Waals surface area (Å²) in [7, 11) is 0. The molecule has 0 spiro atoms. The van der Waals surface area contributed by atoms with E-state index < -0.39 is 0 Å². The number of carbonyl (C=O) groups is 2. The summed E-state index contributed by atoms with van der Waals surface area (Å²) in [6.45, 7) is 10.1. The van der Waals surface area contributed by atoms with Gasteiger partial charge in [-0.15, -0.1) is 0 Å². The van der Waals surface area contributed by atoms with Crippen LogP contribution in [0, 0.1) is 18.8 Å². The SMILES string of the molecule is CCc1cccc(C)c1N1CC(C(=O)Nc2nc3ccc(CN4CCC(C)CC4)cc3s2)CC1=O. The van der Waals surface area contributed by atoms with Crippen molar-refractivity contribution in [3.8, 4) is 0 Å². The number of para-hydroxylation sites is 1. The van der Waals surface area contributed by atoms with E-state index in [0.717, 1.165) is 59.0 Å². The van der Waals surface area contributed by atoms with Crippen LogP contribution in [-0.2, 0) is 22.6 Å². The van der Waals surface area contributed by atoms with Gasteiger partial charge in [-0.25, -0.2) is 4.98 Å². The Morgan fingerprint density at radius 1 is 1.20 bits per heavy atom. The van der Waals surface area contributed by atoms with E-state index in [1.54, 1.807) is 4.90 Å². The Morgan fingerprint density at radius 3 is 2.77 bits per heavy atom. The molecule has 6 nitrogen and oxygen atoms in total. The van der Waals surface area contributed by atoms with Crippen molar-refractivity contribution >= 4 is 44.2 Å². The van der Waals surface area contributed by atoms with Gasteiger partial charge in [0.25, 0.3) is 0 Å². The lowest BCUT2D eigenvalue weighted by Gasteiger charge is -2.30. The lowest BCUT2D eigenvalue weighted by atomic mass is 9.99. The molecule has 0 bridgehead atoms. The molecule has 2 aromatic carbocycles. The van der Waals surface area contributed by atoms with E-state index in [1.165, 1.54) is 29.7 Å². The number of nitrogens with zero attached hydrogens (tertiary/aromatic N) is 3. The van der Waals surface area contributed by atoms with E-state index >= 15 is 0 Å². The van der Waals surface area contributed by atoms with E-state index in [2.05, 4.69) is 53.3 Å². The van der Waals surface area contributed by atoms with E-state index in [-0.39, 0.29) is 24.2 Å². The molecule has 184 valence electrons. The Labute approximate surface area is 211 Å². The monoisotopic (exact) mass is 490 g/mol. The van der Waals surface area contributed by atoms with Crippen molar-refractivity contribution in [1.29, 1.82) is 0 Å². The predicted octanol–water partition coefficient (Wildman–Crippen LogP) is 5.39. The molecule has 0 radical (unpaired) electrons. The van der Waals surface area contributed by atoms with Crippen LogP contribution in [0.2, 0.25) is 0 Å². The maximum absolute atomic E-state index is 13.1. The molecule has 1 aromatic heterocycles. The van der Waals surface area contributed by atoms with Gasteiger partial charge in [0.15, 0.2) is 5.13 Å². The van der Waals surface area contributed by atoms with Gasteiger partial charge < -0.3 is 10.2 Å². The highest BCUT2D eigenvalue weighted by molar-refractivity contribution is 7.22. The fraction of sp³-hybridized carbons (Fsp3) is 0.464. The quantitative estimate of drug-likeness (QED) is 0.503. The summed E-state index contributed by atoms with van der Waals surface area (Å²) in [4.78, 5) is 34.9. The Hall–Kier alpha value is -2.77. The minimum atomic E-state index is -0.379. The van der Waals surface area contributed by atoms with Crippen LogP contribution in [0.15, 0.2) is 36.4 Å². The molecule has 35 heavy (non-hydrogen) atoms. The first kappa shape index (κ1) is 23.9. The lowest BCUT2D eigenvalue weighted by Crippen LogP contribution is -2.32. The third kappa shape index (κ3) is 5.11. The summed E-state index contributed by atoms with van der Waals surface area (Å²) in [6.07, 6.45) is 3.61. The maximum atomic E-state index is 13.1. The van der Waals surface area contributed by atoms with Crippen molar-refractivity contribution in [3.63, 3.8) is 0 Å². The number of aryl methyl sites for hydroxylation is 2. The first-order valence-electron chi connectivity index (χ1n) is 12.7. The normalized spacial score (nSPS) is 19.6. The number of aromatic nitrogens is 1. The molecule has 2 aliphatic rings. The Balaban J connectivity index is 1.25. The zero-order chi connectivity index (χ0) is 24.5. The van der Waals surface area contributed by atoms with Crippen LogP contribution in [0.25, 0.3) is 10.2 Å². The topological polar surface area (TPSA) is 65.5 Å². The third-order valence-electron chi connectivity index (χ3n) is 7.43. The number of piperidine rings is 1. The molecular formula is C28H34N4O2S. The Morgan fingerprint density at radius 2 is 2.00 bits per heavy atom. The van der Waals surface area contributed by atoms with Crippen LogP contribution >= 0.6 is 11.3 Å². The second-order valence-electron chi connectivity index (χ2n) is 10.1. The molecule has 0 aliphatic carbocycles. The average Bonchev–Trinajstić information content (AvgIpc) is 3.42. The van der Waals surface area contributed by atoms with Crippen molar-refractivity contribution in [3.05, 3.63) is 53.1 Å². The fourth-order valence-electron chi connectivity index (χ4n) is 5.30. The summed E-state index contributed by atoms with van der Waals surface area (Å²) < 4.78 is 1.08. The van der Waals surface area contributed by atoms with Gasteiger partial charge in [0.2, 0.25) is 11.8 Å². The van der Waals surface area contributed by atoms with Crippen LogP contribution < -0.4 is 10.2 Å². The fourth-order valence-corrected chi connectivity index (χ4v) is 6.23. The van der Waals surface area contributed by atoms with Crippen LogP contribution in [0.5, 0.6) is 0 Å². The summed E-state index contributed by atoms with van der Waals surface area (Å²) >= 11 is 1.51. The number of benzene rings is 2. The minimum absolute atomic E-state index is 0.00944. The molecule has 1 unspecified atom stereocenters. The van der Waals surface area contributed by atoms with E-state index in [1.807, 2.05) is 19.1 Å². The number of hydrogen-bond acceptors (Lipinski definition) is 5. The highest BCUT2D eigenvalue weighted by Gasteiger charge is 2.36. The van der Waals surface area contributed by atoms with Gasteiger partial charge in [-0.05, 0) is 74.0 Å². The van der Waals surface area contributed by atoms with Gasteiger partial charge in [0.05, 0.1) is 16.1 Å². The second-order valence-corrected chi connectivity index (χ2v) is 11.1. The van der Waals surface area contributed by atoms with E-state index in [4.69, 9.17) is 0 Å². The Kier molecular flexibility index (Phi) is 6.89. The zero-order valence-corrected chi connectivity index (χ0v) is 21.7. The first-order chi connectivity index (χ1) is 16.9. The first-order valence-corrected chi connectivity index (χ1v) is 13.5. The summed E-state index contributed by atoms with van der Waals surface area (Å²) in [5.74, 6) is 0.328. The molecule has 2 aliphatic heterocycles. The molecule has 0 saturated carbocycles. The summed E-state index contributed by atoms with van der Waals surface area (Å²) in [6, 6.07) is 12.5. The van der Waals surface area contributed by atoms with Crippen molar-refractivity contribution in [1.82, 2.24) is 9.88 Å². The van der Waals surface area contributed by atoms with Crippen LogP contribution in [0.4, 0.5) is 10.8 Å². The largest absolute Gasteiger partial charge is 0.311 e. The van der Waals surface area contributed by atoms with Crippen LogP contribution in [-0.4, -0.2) is 41.3 Å². The smallest absolute Gasteiger partial charge is 0.231 e. The number of likely N-dealkylation sites (tertiary alicyclic amines) is 1. The maximum Gasteiger partial charge on any atom is 0.231 e. The summed E-state index contributed by atoms with van der Waals surface area (Å²) in [5.41, 5.74) is 5.36. The number of amides is 2. The lowest BCUT2D eigenvalue weighted by molar-refractivity contribution is -0.122. The van der Waals surface area contributed by atoms with E-state index in [0.29, 0.717) is 11.7 Å². The number of fused-ring (bicyclic) bond motifs is 1. The van der Waals surface area contributed by atoms with Gasteiger partial charge in [-0.3, -0.25) is 14.5 Å². The zero-order valence-electron chi connectivity index (χ0n) is 20.8. The molecule has 1 atom stereocenters. The van der Waals surface area contributed by atoms with Crippen LogP contribution in [0.3, 0.4) is 0 Å². The van der Waals surface area contributed by atoms with Crippen molar-refractivity contribution < 1.29 is 9.59 Å². The number of rotatable bonds is 6. The van der Waals surface area contributed by atoms with Gasteiger partial charge in [-0.1, -0.05) is 49.4 Å². The molecule has 2 fully saturated rings. The second kappa shape index (κ2) is 10.1. The molecule has 3 aromatic rings. The highest BCUT2D eigenvalue weighted by atomic mass is 32.1. The van der Waals surface area contributed by atoms with Gasteiger partial charge in [0.1, 0.15) is 0 Å². The number of nitrogens with one attached hydrogen (secondary N) is 1. The molecule has 2 amide bonds. The highest BCUT2D eigenvalue weighted by Crippen LogP contribution is 2.33. The molecule has 7 heteroatoms. The molecule has 2 saturated heterocycles. The molecule has 1 N–H and O–H groups in total. The van der Waals surface area contributed by atoms with Gasteiger partial charge in [-0.2, -0.15) is 0 Å². The Bertz CT molecular complexity index is 1240. The minimum Gasteiger partial charge on any atom is -0.311 e.